The molecule has 0 saturated carbocycles. The number of hydrogen-bond donors (Lipinski definition) is 1. The Morgan fingerprint density at radius 3 is 2.86 bits per heavy atom. The van der Waals surface area contributed by atoms with E-state index in [9.17, 15) is 0 Å². The van der Waals surface area contributed by atoms with Crippen LogP contribution in [0.5, 0.6) is 0 Å². The Kier molecular flexibility index (Phi) is 2.74. The molecule has 1 aromatic heterocycles. The van der Waals surface area contributed by atoms with Crippen molar-refractivity contribution in [2.24, 2.45) is 11.7 Å². The van der Waals surface area contributed by atoms with Crippen LogP contribution in [0, 0.1) is 19.8 Å². The van der Waals surface area contributed by atoms with Crippen molar-refractivity contribution in [3.05, 3.63) is 10.6 Å². The van der Waals surface area contributed by atoms with Crippen LogP contribution in [-0.2, 0) is 0 Å². The minimum Gasteiger partial charge on any atom is -0.348 e. The molecule has 1 atom stereocenters. The van der Waals surface area contributed by atoms with Crippen molar-refractivity contribution < 1.29 is 0 Å². The zero-order valence-electron chi connectivity index (χ0n) is 8.79. The largest absolute Gasteiger partial charge is 0.348 e. The molecule has 0 bridgehead atoms. The monoisotopic (exact) mass is 211 g/mol. The van der Waals surface area contributed by atoms with Crippen molar-refractivity contribution in [1.82, 2.24) is 4.98 Å². The van der Waals surface area contributed by atoms with Crippen molar-refractivity contribution in [1.29, 1.82) is 0 Å². The summed E-state index contributed by atoms with van der Waals surface area (Å²) in [5.41, 5.74) is 6.83. The number of anilines is 1. The van der Waals surface area contributed by atoms with Gasteiger partial charge < -0.3 is 10.6 Å². The van der Waals surface area contributed by atoms with Crippen LogP contribution in [0.1, 0.15) is 17.0 Å². The van der Waals surface area contributed by atoms with Gasteiger partial charge in [-0.3, -0.25) is 0 Å². The van der Waals surface area contributed by atoms with Gasteiger partial charge in [0, 0.05) is 18.0 Å². The normalized spacial score (nSPS) is 21.9. The van der Waals surface area contributed by atoms with Crippen LogP contribution in [0.25, 0.3) is 0 Å². The molecule has 14 heavy (non-hydrogen) atoms. The fourth-order valence-corrected chi connectivity index (χ4v) is 2.73. The third-order valence-electron chi connectivity index (χ3n) is 2.91. The minimum absolute atomic E-state index is 0.666. The molecular formula is C10H17N3S. The molecule has 1 saturated heterocycles. The molecular weight excluding hydrogens is 194 g/mol. The molecule has 0 aliphatic carbocycles. The van der Waals surface area contributed by atoms with Crippen molar-refractivity contribution >= 4 is 16.5 Å². The Labute approximate surface area is 88.9 Å². The third kappa shape index (κ3) is 1.77. The van der Waals surface area contributed by atoms with Gasteiger partial charge in [0.2, 0.25) is 0 Å². The summed E-state index contributed by atoms with van der Waals surface area (Å²) in [5.74, 6) is 0.666. The molecule has 2 rings (SSSR count). The Morgan fingerprint density at radius 1 is 1.57 bits per heavy atom. The number of nitrogens with zero attached hydrogens (tertiary/aromatic N) is 2. The van der Waals surface area contributed by atoms with Gasteiger partial charge in [0.25, 0.3) is 0 Å². The molecule has 0 aromatic carbocycles. The molecule has 3 nitrogen and oxygen atoms in total. The second-order valence-corrected chi connectivity index (χ2v) is 5.16. The maximum atomic E-state index is 5.67. The van der Waals surface area contributed by atoms with E-state index >= 15 is 0 Å². The Bertz CT molecular complexity index is 302. The molecule has 1 unspecified atom stereocenters. The SMILES string of the molecule is Cc1nc(N2CCC(CN)C2)sc1C. The van der Waals surface area contributed by atoms with Crippen LogP contribution in [0.15, 0.2) is 0 Å². The standard InChI is InChI=1S/C10H17N3S/c1-7-8(2)14-10(12-7)13-4-3-9(5-11)6-13/h9H,3-6,11H2,1-2H3. The molecule has 4 heteroatoms. The first-order valence-corrected chi connectivity index (χ1v) is 5.91. The van der Waals surface area contributed by atoms with Gasteiger partial charge in [-0.2, -0.15) is 0 Å². The van der Waals surface area contributed by atoms with E-state index < -0.39 is 0 Å². The maximum Gasteiger partial charge on any atom is 0.185 e. The predicted octanol–water partition coefficient (Wildman–Crippen LogP) is 1.54. The van der Waals surface area contributed by atoms with Gasteiger partial charge in [-0.25, -0.2) is 4.98 Å². The average Bonchev–Trinajstić information content (AvgIpc) is 2.74. The number of hydrogen-bond acceptors (Lipinski definition) is 4. The van der Waals surface area contributed by atoms with Crippen molar-refractivity contribution in [2.45, 2.75) is 20.3 Å². The Hall–Kier alpha value is -0.610. The van der Waals surface area contributed by atoms with Crippen LogP contribution in [-0.4, -0.2) is 24.6 Å². The molecule has 0 amide bonds. The van der Waals surface area contributed by atoms with Gasteiger partial charge >= 0.3 is 0 Å². The molecule has 1 aliphatic rings. The third-order valence-corrected chi connectivity index (χ3v) is 4.04. The second-order valence-electron chi connectivity index (χ2n) is 3.97. The summed E-state index contributed by atoms with van der Waals surface area (Å²) in [4.78, 5) is 8.26. The molecule has 1 fully saturated rings. The van der Waals surface area contributed by atoms with Crippen LogP contribution in [0.3, 0.4) is 0 Å². The Balaban J connectivity index is 2.09. The first kappa shape index (κ1) is 9.93. The van der Waals surface area contributed by atoms with Crippen molar-refractivity contribution in [3.63, 3.8) is 0 Å². The summed E-state index contributed by atoms with van der Waals surface area (Å²) in [6.45, 7) is 7.22. The number of aromatic nitrogens is 1. The predicted molar refractivity (Wildman–Crippen MR) is 61.0 cm³/mol. The van der Waals surface area contributed by atoms with Crippen molar-refractivity contribution in [3.8, 4) is 0 Å². The van der Waals surface area contributed by atoms with E-state index in [0.717, 1.165) is 19.6 Å². The molecule has 2 N–H and O–H groups in total. The van der Waals surface area contributed by atoms with Gasteiger partial charge in [0.05, 0.1) is 5.69 Å². The fraction of sp³-hybridized carbons (Fsp3) is 0.700. The quantitative estimate of drug-likeness (QED) is 0.807. The van der Waals surface area contributed by atoms with E-state index in [4.69, 9.17) is 5.73 Å². The smallest absolute Gasteiger partial charge is 0.185 e. The Morgan fingerprint density at radius 2 is 2.36 bits per heavy atom. The minimum atomic E-state index is 0.666. The van der Waals surface area contributed by atoms with E-state index in [1.807, 2.05) is 0 Å². The van der Waals surface area contributed by atoms with Gasteiger partial charge in [0.15, 0.2) is 5.13 Å². The van der Waals surface area contributed by atoms with E-state index in [1.54, 1.807) is 11.3 Å². The molecule has 0 spiro atoms. The lowest BCUT2D eigenvalue weighted by Crippen LogP contribution is -2.22. The van der Waals surface area contributed by atoms with E-state index in [-0.39, 0.29) is 0 Å². The molecule has 78 valence electrons. The first-order valence-electron chi connectivity index (χ1n) is 5.09. The highest BCUT2D eigenvalue weighted by Crippen LogP contribution is 2.29. The van der Waals surface area contributed by atoms with Gasteiger partial charge in [-0.15, -0.1) is 11.3 Å². The number of nitrogens with two attached hydrogens (primary N) is 1. The van der Waals surface area contributed by atoms with Crippen LogP contribution in [0.4, 0.5) is 5.13 Å². The number of aryl methyl sites for hydroxylation is 2. The topological polar surface area (TPSA) is 42.2 Å². The molecule has 0 radical (unpaired) electrons. The summed E-state index contributed by atoms with van der Waals surface area (Å²) < 4.78 is 0. The summed E-state index contributed by atoms with van der Waals surface area (Å²) in [5, 5.41) is 1.18. The summed E-state index contributed by atoms with van der Waals surface area (Å²) >= 11 is 1.80. The number of thiazole rings is 1. The lowest BCUT2D eigenvalue weighted by molar-refractivity contribution is 0.602. The van der Waals surface area contributed by atoms with Crippen LogP contribution in [0.2, 0.25) is 0 Å². The van der Waals surface area contributed by atoms with E-state index in [1.165, 1.54) is 22.1 Å². The maximum absolute atomic E-state index is 5.67. The molecule has 1 aliphatic heterocycles. The van der Waals surface area contributed by atoms with Crippen molar-refractivity contribution in [2.75, 3.05) is 24.5 Å². The number of rotatable bonds is 2. The summed E-state index contributed by atoms with van der Waals surface area (Å²) in [6.07, 6.45) is 1.22. The lowest BCUT2D eigenvalue weighted by atomic mass is 10.1. The second kappa shape index (κ2) is 3.87. The highest BCUT2D eigenvalue weighted by atomic mass is 32.1. The zero-order chi connectivity index (χ0) is 10.1. The van der Waals surface area contributed by atoms with E-state index in [2.05, 4.69) is 23.7 Å². The van der Waals surface area contributed by atoms with E-state index in [0.29, 0.717) is 5.92 Å². The lowest BCUT2D eigenvalue weighted by Gasteiger charge is -2.13. The average molecular weight is 211 g/mol. The van der Waals surface area contributed by atoms with Crippen LogP contribution < -0.4 is 10.6 Å². The highest BCUT2D eigenvalue weighted by Gasteiger charge is 2.23. The molecule has 2 heterocycles. The van der Waals surface area contributed by atoms with Gasteiger partial charge in [0.1, 0.15) is 0 Å². The summed E-state index contributed by atoms with van der Waals surface area (Å²) in [6, 6.07) is 0. The van der Waals surface area contributed by atoms with Gasteiger partial charge in [-0.05, 0) is 32.7 Å². The van der Waals surface area contributed by atoms with Gasteiger partial charge in [-0.1, -0.05) is 0 Å². The highest BCUT2D eigenvalue weighted by molar-refractivity contribution is 7.15. The first-order chi connectivity index (χ1) is 6.70. The van der Waals surface area contributed by atoms with Crippen LogP contribution >= 0.6 is 11.3 Å². The molecule has 1 aromatic rings. The fourth-order valence-electron chi connectivity index (χ4n) is 1.79. The zero-order valence-corrected chi connectivity index (χ0v) is 9.60. The summed E-state index contributed by atoms with van der Waals surface area (Å²) in [7, 11) is 0.